The molecule has 3 heteroatoms. The van der Waals surface area contributed by atoms with E-state index in [2.05, 4.69) is 11.3 Å². The van der Waals surface area contributed by atoms with Crippen molar-refractivity contribution in [2.24, 2.45) is 5.73 Å². The van der Waals surface area contributed by atoms with Gasteiger partial charge in [0, 0.05) is 6.04 Å². The van der Waals surface area contributed by atoms with Crippen molar-refractivity contribution >= 4 is 5.97 Å². The molecule has 0 saturated carbocycles. The van der Waals surface area contributed by atoms with Gasteiger partial charge in [-0.25, -0.2) is 4.79 Å². The number of hydrogen-bond acceptors (Lipinski definition) is 3. The lowest BCUT2D eigenvalue weighted by Crippen LogP contribution is -2.09. The van der Waals surface area contributed by atoms with Crippen molar-refractivity contribution < 1.29 is 9.53 Å². The summed E-state index contributed by atoms with van der Waals surface area (Å²) in [4.78, 5) is 11.2. The van der Waals surface area contributed by atoms with Crippen LogP contribution >= 0.6 is 0 Å². The van der Waals surface area contributed by atoms with Gasteiger partial charge in [-0.1, -0.05) is 18.2 Å². The van der Waals surface area contributed by atoms with Gasteiger partial charge in [0.15, 0.2) is 0 Å². The normalized spacial score (nSPS) is 11.9. The van der Waals surface area contributed by atoms with Crippen molar-refractivity contribution in [1.29, 1.82) is 0 Å². The number of hydrogen-bond donors (Lipinski definition) is 1. The van der Waals surface area contributed by atoms with Gasteiger partial charge in [-0.3, -0.25) is 0 Å². The minimum Gasteiger partial charge on any atom is -0.465 e. The molecular weight excluding hydrogens is 190 g/mol. The van der Waals surface area contributed by atoms with E-state index in [0.29, 0.717) is 5.56 Å². The second-order valence-corrected chi connectivity index (χ2v) is 3.24. The van der Waals surface area contributed by atoms with E-state index >= 15 is 0 Å². The first-order valence-electron chi connectivity index (χ1n) is 4.73. The van der Waals surface area contributed by atoms with Gasteiger partial charge >= 0.3 is 5.97 Å². The summed E-state index contributed by atoms with van der Waals surface area (Å²) in [6.45, 7) is 3.63. The van der Waals surface area contributed by atoms with Gasteiger partial charge in [-0.05, 0) is 24.1 Å². The summed E-state index contributed by atoms with van der Waals surface area (Å²) >= 11 is 0. The second kappa shape index (κ2) is 5.32. The number of ether oxygens (including phenoxy) is 1. The topological polar surface area (TPSA) is 52.3 Å². The quantitative estimate of drug-likeness (QED) is 0.604. The molecule has 0 saturated heterocycles. The zero-order chi connectivity index (χ0) is 11.3. The van der Waals surface area contributed by atoms with Gasteiger partial charge in [0.1, 0.15) is 0 Å². The molecule has 3 nitrogen and oxygen atoms in total. The van der Waals surface area contributed by atoms with Crippen molar-refractivity contribution in [3.05, 3.63) is 48.0 Å². The molecular formula is C12H15NO2. The summed E-state index contributed by atoms with van der Waals surface area (Å²) in [7, 11) is 1.36. The van der Waals surface area contributed by atoms with Gasteiger partial charge in [0.25, 0.3) is 0 Å². The van der Waals surface area contributed by atoms with Gasteiger partial charge in [0.05, 0.1) is 12.7 Å². The smallest absolute Gasteiger partial charge is 0.337 e. The van der Waals surface area contributed by atoms with E-state index in [1.54, 1.807) is 18.2 Å². The van der Waals surface area contributed by atoms with Crippen molar-refractivity contribution in [2.75, 3.05) is 7.11 Å². The van der Waals surface area contributed by atoms with Crippen LogP contribution in [0.3, 0.4) is 0 Å². The van der Waals surface area contributed by atoms with Crippen LogP contribution in [0.5, 0.6) is 0 Å². The van der Waals surface area contributed by atoms with Crippen LogP contribution in [0.2, 0.25) is 0 Å². The molecule has 0 fully saturated rings. The molecule has 1 rings (SSSR count). The Labute approximate surface area is 89.5 Å². The van der Waals surface area contributed by atoms with Crippen LogP contribution in [0.25, 0.3) is 0 Å². The minimum absolute atomic E-state index is 0.0609. The number of carbonyl (C=O) groups is 1. The van der Waals surface area contributed by atoms with E-state index in [1.165, 1.54) is 7.11 Å². The van der Waals surface area contributed by atoms with E-state index in [9.17, 15) is 4.79 Å². The summed E-state index contributed by atoms with van der Waals surface area (Å²) < 4.78 is 4.60. The highest BCUT2D eigenvalue weighted by Gasteiger charge is 2.07. The zero-order valence-electron chi connectivity index (χ0n) is 8.77. The number of esters is 1. The van der Waals surface area contributed by atoms with Crippen LogP contribution in [-0.4, -0.2) is 13.1 Å². The Balaban J connectivity index is 2.80. The SMILES string of the molecule is C=CCC(N)c1ccc(C(=O)OC)cc1. The van der Waals surface area contributed by atoms with Gasteiger partial charge in [-0.15, -0.1) is 6.58 Å². The molecule has 1 aromatic carbocycles. The third-order valence-corrected chi connectivity index (χ3v) is 2.18. The average Bonchev–Trinajstić information content (AvgIpc) is 2.28. The predicted molar refractivity (Wildman–Crippen MR) is 59.5 cm³/mol. The van der Waals surface area contributed by atoms with Crippen molar-refractivity contribution in [1.82, 2.24) is 0 Å². The Morgan fingerprint density at radius 1 is 1.53 bits per heavy atom. The molecule has 1 unspecified atom stereocenters. The number of methoxy groups -OCH3 is 1. The largest absolute Gasteiger partial charge is 0.465 e. The number of benzene rings is 1. The van der Waals surface area contributed by atoms with Gasteiger partial charge < -0.3 is 10.5 Å². The molecule has 0 radical (unpaired) electrons. The lowest BCUT2D eigenvalue weighted by molar-refractivity contribution is 0.0600. The monoisotopic (exact) mass is 205 g/mol. The van der Waals surface area contributed by atoms with Crippen molar-refractivity contribution in [3.8, 4) is 0 Å². The molecule has 80 valence electrons. The van der Waals surface area contributed by atoms with Crippen molar-refractivity contribution in [3.63, 3.8) is 0 Å². The first kappa shape index (κ1) is 11.5. The molecule has 1 atom stereocenters. The van der Waals surface area contributed by atoms with E-state index in [4.69, 9.17) is 5.73 Å². The molecule has 0 aliphatic heterocycles. The molecule has 0 aliphatic carbocycles. The zero-order valence-corrected chi connectivity index (χ0v) is 8.77. The van der Waals surface area contributed by atoms with E-state index < -0.39 is 0 Å². The van der Waals surface area contributed by atoms with E-state index in [1.807, 2.05) is 12.1 Å². The molecule has 0 amide bonds. The van der Waals surface area contributed by atoms with Gasteiger partial charge in [0.2, 0.25) is 0 Å². The molecule has 15 heavy (non-hydrogen) atoms. The Morgan fingerprint density at radius 2 is 2.13 bits per heavy atom. The summed E-state index contributed by atoms with van der Waals surface area (Å²) in [6, 6.07) is 7.03. The Bertz CT molecular complexity index is 343. The minimum atomic E-state index is -0.334. The molecule has 0 heterocycles. The highest BCUT2D eigenvalue weighted by atomic mass is 16.5. The van der Waals surface area contributed by atoms with Crippen LogP contribution in [0.1, 0.15) is 28.4 Å². The fraction of sp³-hybridized carbons (Fsp3) is 0.250. The fourth-order valence-corrected chi connectivity index (χ4v) is 1.30. The number of rotatable bonds is 4. The number of carbonyl (C=O) groups excluding carboxylic acids is 1. The van der Waals surface area contributed by atoms with Gasteiger partial charge in [-0.2, -0.15) is 0 Å². The summed E-state index contributed by atoms with van der Waals surface area (Å²) in [5.74, 6) is -0.334. The van der Waals surface area contributed by atoms with Crippen LogP contribution in [0, 0.1) is 0 Å². The Hall–Kier alpha value is -1.61. The lowest BCUT2D eigenvalue weighted by Gasteiger charge is -2.09. The highest BCUT2D eigenvalue weighted by Crippen LogP contribution is 2.15. The van der Waals surface area contributed by atoms with Crippen molar-refractivity contribution in [2.45, 2.75) is 12.5 Å². The maximum atomic E-state index is 11.2. The summed E-state index contributed by atoms with van der Waals surface area (Å²) in [6.07, 6.45) is 2.50. The summed E-state index contributed by atoms with van der Waals surface area (Å²) in [5.41, 5.74) is 7.40. The van der Waals surface area contributed by atoms with Crippen LogP contribution < -0.4 is 5.73 Å². The average molecular weight is 205 g/mol. The predicted octanol–water partition coefficient (Wildman–Crippen LogP) is 2.05. The first-order valence-corrected chi connectivity index (χ1v) is 4.73. The molecule has 2 N–H and O–H groups in total. The van der Waals surface area contributed by atoms with E-state index in [0.717, 1.165) is 12.0 Å². The van der Waals surface area contributed by atoms with E-state index in [-0.39, 0.29) is 12.0 Å². The van der Waals surface area contributed by atoms with Crippen LogP contribution in [0.4, 0.5) is 0 Å². The van der Waals surface area contributed by atoms with Crippen LogP contribution in [-0.2, 0) is 4.74 Å². The molecule has 0 aromatic heterocycles. The Morgan fingerprint density at radius 3 is 2.60 bits per heavy atom. The third-order valence-electron chi connectivity index (χ3n) is 2.18. The summed E-state index contributed by atoms with van der Waals surface area (Å²) in [5, 5.41) is 0. The molecule has 1 aromatic rings. The standard InChI is InChI=1S/C12H15NO2/c1-3-4-11(13)9-5-7-10(8-6-9)12(14)15-2/h3,5-8,11H,1,4,13H2,2H3. The maximum absolute atomic E-state index is 11.2. The lowest BCUT2D eigenvalue weighted by atomic mass is 10.0. The number of nitrogens with two attached hydrogens (primary N) is 1. The molecule has 0 spiro atoms. The first-order chi connectivity index (χ1) is 7.19. The van der Waals surface area contributed by atoms with Crippen LogP contribution in [0.15, 0.2) is 36.9 Å². The molecule has 0 aliphatic rings. The Kier molecular flexibility index (Phi) is 4.06. The third kappa shape index (κ3) is 2.92. The highest BCUT2D eigenvalue weighted by molar-refractivity contribution is 5.89. The maximum Gasteiger partial charge on any atom is 0.337 e. The fourth-order valence-electron chi connectivity index (χ4n) is 1.30. The second-order valence-electron chi connectivity index (χ2n) is 3.24. The molecule has 0 bridgehead atoms.